The number of alkyl halides is 1. The highest BCUT2D eigenvalue weighted by molar-refractivity contribution is 9.08. The van der Waals surface area contributed by atoms with Gasteiger partial charge in [-0.25, -0.2) is 9.97 Å². The van der Waals surface area contributed by atoms with Crippen LogP contribution in [0.1, 0.15) is 17.0 Å². The van der Waals surface area contributed by atoms with Gasteiger partial charge in [0.25, 0.3) is 0 Å². The van der Waals surface area contributed by atoms with Crippen molar-refractivity contribution in [2.45, 2.75) is 24.3 Å². The van der Waals surface area contributed by atoms with Crippen molar-refractivity contribution in [1.29, 1.82) is 0 Å². The van der Waals surface area contributed by atoms with Crippen molar-refractivity contribution in [3.8, 4) is 0 Å². The summed E-state index contributed by atoms with van der Waals surface area (Å²) in [4.78, 5) is 8.69. The molecule has 0 N–H and O–H groups in total. The highest BCUT2D eigenvalue weighted by Gasteiger charge is 2.05. The van der Waals surface area contributed by atoms with Gasteiger partial charge >= 0.3 is 0 Å². The van der Waals surface area contributed by atoms with Crippen LogP contribution in [0.15, 0.2) is 5.16 Å². The highest BCUT2D eigenvalue weighted by atomic mass is 79.9. The van der Waals surface area contributed by atoms with Gasteiger partial charge in [-0.15, -0.1) is 0 Å². The highest BCUT2D eigenvalue weighted by Crippen LogP contribution is 2.17. The zero-order valence-electron chi connectivity index (χ0n) is 7.39. The standard InChI is InChI=1S/C8H11BrN2S/c1-5-7(4-9)6(2)11-8(10-5)12-3/h4H2,1-3H3. The van der Waals surface area contributed by atoms with E-state index in [4.69, 9.17) is 0 Å². The molecule has 1 rings (SSSR count). The quantitative estimate of drug-likeness (QED) is 0.456. The molecule has 1 aromatic heterocycles. The molecule has 0 radical (unpaired) electrons. The molecule has 1 aromatic rings. The van der Waals surface area contributed by atoms with Crippen molar-refractivity contribution in [2.24, 2.45) is 0 Å². The molecule has 0 unspecified atom stereocenters. The van der Waals surface area contributed by atoms with Crippen molar-refractivity contribution < 1.29 is 0 Å². The third kappa shape index (κ3) is 1.98. The molecule has 2 nitrogen and oxygen atoms in total. The molecule has 12 heavy (non-hydrogen) atoms. The van der Waals surface area contributed by atoms with E-state index in [1.165, 1.54) is 5.56 Å². The van der Waals surface area contributed by atoms with Crippen molar-refractivity contribution in [3.63, 3.8) is 0 Å². The SMILES string of the molecule is CSc1nc(C)c(CBr)c(C)n1. The predicted molar refractivity (Wildman–Crippen MR) is 55.9 cm³/mol. The number of aryl methyl sites for hydroxylation is 2. The number of hydrogen-bond donors (Lipinski definition) is 0. The van der Waals surface area contributed by atoms with Gasteiger partial charge in [0.15, 0.2) is 5.16 Å². The van der Waals surface area contributed by atoms with E-state index < -0.39 is 0 Å². The molecule has 0 aliphatic rings. The topological polar surface area (TPSA) is 25.8 Å². The first-order valence-corrected chi connectivity index (χ1v) is 5.97. The van der Waals surface area contributed by atoms with E-state index in [0.717, 1.165) is 21.9 Å². The number of rotatable bonds is 2. The van der Waals surface area contributed by atoms with Crippen LogP contribution in [0.4, 0.5) is 0 Å². The molecule has 0 aromatic carbocycles. The van der Waals surface area contributed by atoms with E-state index >= 15 is 0 Å². The second-order valence-electron chi connectivity index (χ2n) is 2.49. The zero-order chi connectivity index (χ0) is 9.14. The summed E-state index contributed by atoms with van der Waals surface area (Å²) in [6.45, 7) is 4.04. The fourth-order valence-electron chi connectivity index (χ4n) is 0.993. The molecular weight excluding hydrogens is 236 g/mol. The number of thioether (sulfide) groups is 1. The maximum absolute atomic E-state index is 4.35. The molecule has 0 saturated heterocycles. The Bertz CT molecular complexity index is 265. The van der Waals surface area contributed by atoms with Crippen LogP contribution < -0.4 is 0 Å². The Morgan fingerprint density at radius 3 is 2.08 bits per heavy atom. The van der Waals surface area contributed by atoms with Crippen LogP contribution in [0, 0.1) is 13.8 Å². The van der Waals surface area contributed by atoms with Crippen LogP contribution in [-0.2, 0) is 5.33 Å². The Labute approximate surface area is 85.3 Å². The van der Waals surface area contributed by atoms with Gasteiger partial charge in [-0.3, -0.25) is 0 Å². The van der Waals surface area contributed by atoms with Crippen LogP contribution in [-0.4, -0.2) is 16.2 Å². The number of hydrogen-bond acceptors (Lipinski definition) is 3. The van der Waals surface area contributed by atoms with E-state index in [1.54, 1.807) is 11.8 Å². The van der Waals surface area contributed by atoms with Gasteiger partial charge in [0, 0.05) is 22.3 Å². The van der Waals surface area contributed by atoms with Gasteiger partial charge < -0.3 is 0 Å². The van der Waals surface area contributed by atoms with Gasteiger partial charge in [0.2, 0.25) is 0 Å². The minimum atomic E-state index is 0.833. The first-order valence-electron chi connectivity index (χ1n) is 3.63. The maximum atomic E-state index is 4.35. The molecule has 0 saturated carbocycles. The number of aromatic nitrogens is 2. The zero-order valence-corrected chi connectivity index (χ0v) is 9.79. The summed E-state index contributed by atoms with van der Waals surface area (Å²) in [5, 5.41) is 1.69. The van der Waals surface area contributed by atoms with Crippen molar-refractivity contribution in [2.75, 3.05) is 6.26 Å². The monoisotopic (exact) mass is 246 g/mol. The third-order valence-corrected chi connectivity index (χ3v) is 2.82. The summed E-state index contributed by atoms with van der Waals surface area (Å²) in [6.07, 6.45) is 1.99. The van der Waals surface area contributed by atoms with Gasteiger partial charge in [-0.1, -0.05) is 27.7 Å². The fraction of sp³-hybridized carbons (Fsp3) is 0.500. The van der Waals surface area contributed by atoms with Crippen LogP contribution >= 0.6 is 27.7 Å². The van der Waals surface area contributed by atoms with E-state index in [9.17, 15) is 0 Å². The second kappa shape index (κ2) is 4.23. The van der Waals surface area contributed by atoms with E-state index in [2.05, 4.69) is 25.9 Å². The normalized spacial score (nSPS) is 10.3. The lowest BCUT2D eigenvalue weighted by Gasteiger charge is -2.06. The van der Waals surface area contributed by atoms with Gasteiger partial charge in [0.1, 0.15) is 0 Å². The summed E-state index contributed by atoms with van der Waals surface area (Å²) < 4.78 is 0. The molecule has 1 heterocycles. The molecule has 0 spiro atoms. The Balaban J connectivity index is 3.18. The lowest BCUT2D eigenvalue weighted by molar-refractivity contribution is 0.880. The van der Waals surface area contributed by atoms with Crippen LogP contribution in [0.3, 0.4) is 0 Å². The Kier molecular flexibility index (Phi) is 3.53. The lowest BCUT2D eigenvalue weighted by atomic mass is 10.2. The molecule has 0 atom stereocenters. The summed E-state index contributed by atoms with van der Waals surface area (Å²) in [5.74, 6) is 0. The van der Waals surface area contributed by atoms with Gasteiger partial charge in [-0.05, 0) is 20.1 Å². The molecular formula is C8H11BrN2S. The largest absolute Gasteiger partial charge is 0.228 e. The van der Waals surface area contributed by atoms with Gasteiger partial charge in [0.05, 0.1) is 0 Å². The third-order valence-electron chi connectivity index (χ3n) is 1.72. The molecule has 0 aliphatic carbocycles. The van der Waals surface area contributed by atoms with E-state index in [-0.39, 0.29) is 0 Å². The summed E-state index contributed by atoms with van der Waals surface area (Å²) >= 11 is 5.00. The van der Waals surface area contributed by atoms with Gasteiger partial charge in [-0.2, -0.15) is 0 Å². The molecule has 0 bridgehead atoms. The smallest absolute Gasteiger partial charge is 0.187 e. The average Bonchev–Trinajstić information content (AvgIpc) is 2.03. The Morgan fingerprint density at radius 2 is 1.75 bits per heavy atom. The van der Waals surface area contributed by atoms with Crippen LogP contribution in [0.25, 0.3) is 0 Å². The average molecular weight is 247 g/mol. The first-order chi connectivity index (χ1) is 5.69. The lowest BCUT2D eigenvalue weighted by Crippen LogP contribution is -1.99. The summed E-state index contributed by atoms with van der Waals surface area (Å²) in [5.41, 5.74) is 3.35. The van der Waals surface area contributed by atoms with Crippen molar-refractivity contribution >= 4 is 27.7 Å². The molecule has 0 amide bonds. The maximum Gasteiger partial charge on any atom is 0.187 e. The minimum Gasteiger partial charge on any atom is -0.228 e. The van der Waals surface area contributed by atoms with Crippen molar-refractivity contribution in [3.05, 3.63) is 17.0 Å². The second-order valence-corrected chi connectivity index (χ2v) is 3.83. The predicted octanol–water partition coefficient (Wildman–Crippen LogP) is 2.71. The van der Waals surface area contributed by atoms with E-state index in [0.29, 0.717) is 0 Å². The van der Waals surface area contributed by atoms with Crippen molar-refractivity contribution in [1.82, 2.24) is 9.97 Å². The van der Waals surface area contributed by atoms with E-state index in [1.807, 2.05) is 20.1 Å². The Morgan fingerprint density at radius 1 is 1.25 bits per heavy atom. The molecule has 4 heteroatoms. The van der Waals surface area contributed by atoms with Crippen LogP contribution in [0.2, 0.25) is 0 Å². The minimum absolute atomic E-state index is 0.833. The summed E-state index contributed by atoms with van der Waals surface area (Å²) in [7, 11) is 0. The molecule has 0 fully saturated rings. The summed E-state index contributed by atoms with van der Waals surface area (Å²) in [6, 6.07) is 0. The molecule has 66 valence electrons. The fourth-order valence-corrected chi connectivity index (χ4v) is 2.26. The molecule has 0 aliphatic heterocycles. The Hall–Kier alpha value is -0.0900. The number of halogens is 1. The van der Waals surface area contributed by atoms with Crippen LogP contribution in [0.5, 0.6) is 0 Å². The number of nitrogens with zero attached hydrogens (tertiary/aromatic N) is 2. The first kappa shape index (κ1) is 9.99.